The highest BCUT2D eigenvalue weighted by Crippen LogP contribution is 2.14. The first-order chi connectivity index (χ1) is 8.21. The summed E-state index contributed by atoms with van der Waals surface area (Å²) in [6.07, 6.45) is 1.66. The minimum Gasteiger partial charge on any atom is -0.395 e. The summed E-state index contributed by atoms with van der Waals surface area (Å²) in [5, 5.41) is 11.5. The Labute approximate surface area is 100 Å². The molecule has 0 atom stereocenters. The molecule has 0 saturated carbocycles. The van der Waals surface area contributed by atoms with E-state index in [4.69, 9.17) is 10.8 Å². The number of nitrogens with one attached hydrogen (secondary N) is 1. The molecule has 1 aromatic heterocycles. The second-order valence-corrected chi connectivity index (χ2v) is 3.46. The van der Waals surface area contributed by atoms with Crippen LogP contribution in [0.4, 0.5) is 11.5 Å². The lowest BCUT2D eigenvalue weighted by Crippen LogP contribution is -2.26. The van der Waals surface area contributed by atoms with Crippen molar-refractivity contribution in [2.24, 2.45) is 5.73 Å². The lowest BCUT2D eigenvalue weighted by Gasteiger charge is -2.21. The standard InChI is InChI=1S/C11H18N4O2/c1-2-15(5-6-16)9-3-4-10(13-8-9)14-11(17)7-12/h3-4,8,16H,2,5-7,12H2,1H3,(H,13,14,17). The molecule has 1 amide bonds. The number of aliphatic hydroxyl groups is 1. The summed E-state index contributed by atoms with van der Waals surface area (Å²) in [6, 6.07) is 3.56. The number of pyridine rings is 1. The smallest absolute Gasteiger partial charge is 0.239 e. The molecule has 0 unspecified atom stereocenters. The van der Waals surface area contributed by atoms with E-state index < -0.39 is 0 Å². The molecule has 0 bridgehead atoms. The molecule has 6 heteroatoms. The van der Waals surface area contributed by atoms with E-state index in [-0.39, 0.29) is 19.1 Å². The Balaban J connectivity index is 2.69. The predicted octanol–water partition coefficient (Wildman–Crippen LogP) is -0.203. The summed E-state index contributed by atoms with van der Waals surface area (Å²) in [5.74, 6) is 0.206. The van der Waals surface area contributed by atoms with E-state index in [0.29, 0.717) is 12.4 Å². The van der Waals surface area contributed by atoms with Gasteiger partial charge in [0.2, 0.25) is 5.91 Å². The number of nitrogens with zero attached hydrogens (tertiary/aromatic N) is 2. The fraction of sp³-hybridized carbons (Fsp3) is 0.455. The highest BCUT2D eigenvalue weighted by Gasteiger charge is 2.05. The average molecular weight is 238 g/mol. The number of amides is 1. The van der Waals surface area contributed by atoms with Crippen LogP contribution in [0, 0.1) is 0 Å². The normalized spacial score (nSPS) is 10.1. The molecule has 0 saturated heterocycles. The maximum atomic E-state index is 11.0. The second kappa shape index (κ2) is 6.82. The Morgan fingerprint density at radius 3 is 2.82 bits per heavy atom. The zero-order valence-electron chi connectivity index (χ0n) is 9.89. The monoisotopic (exact) mass is 238 g/mol. The van der Waals surface area contributed by atoms with Gasteiger partial charge in [-0.05, 0) is 19.1 Å². The lowest BCUT2D eigenvalue weighted by atomic mass is 10.3. The van der Waals surface area contributed by atoms with Gasteiger partial charge in [0.25, 0.3) is 0 Å². The van der Waals surface area contributed by atoms with Crippen LogP contribution in [0.3, 0.4) is 0 Å². The minimum absolute atomic E-state index is 0.0605. The Bertz CT molecular complexity index is 353. The van der Waals surface area contributed by atoms with Crippen molar-refractivity contribution in [1.82, 2.24) is 4.98 Å². The molecule has 0 fully saturated rings. The van der Waals surface area contributed by atoms with E-state index in [1.807, 2.05) is 17.9 Å². The summed E-state index contributed by atoms with van der Waals surface area (Å²) >= 11 is 0. The van der Waals surface area contributed by atoms with Gasteiger partial charge < -0.3 is 21.1 Å². The number of aromatic nitrogens is 1. The van der Waals surface area contributed by atoms with Gasteiger partial charge in [0.05, 0.1) is 25.0 Å². The fourth-order valence-corrected chi connectivity index (χ4v) is 1.43. The summed E-state index contributed by atoms with van der Waals surface area (Å²) in [4.78, 5) is 17.1. The number of hydrogen-bond acceptors (Lipinski definition) is 5. The van der Waals surface area contributed by atoms with Gasteiger partial charge in [-0.25, -0.2) is 4.98 Å². The number of anilines is 2. The van der Waals surface area contributed by atoms with Crippen LogP contribution in [0.1, 0.15) is 6.92 Å². The van der Waals surface area contributed by atoms with Crippen molar-refractivity contribution in [3.05, 3.63) is 18.3 Å². The molecule has 1 rings (SSSR count). The van der Waals surface area contributed by atoms with E-state index in [1.54, 1.807) is 12.3 Å². The first-order valence-corrected chi connectivity index (χ1v) is 5.53. The molecule has 1 aromatic rings. The Hall–Kier alpha value is -1.66. The minimum atomic E-state index is -0.270. The predicted molar refractivity (Wildman–Crippen MR) is 66.9 cm³/mol. The zero-order valence-corrected chi connectivity index (χ0v) is 9.89. The third-order valence-corrected chi connectivity index (χ3v) is 2.32. The largest absolute Gasteiger partial charge is 0.395 e. The van der Waals surface area contributed by atoms with E-state index in [9.17, 15) is 4.79 Å². The molecule has 0 aromatic carbocycles. The summed E-state index contributed by atoms with van der Waals surface area (Å²) < 4.78 is 0. The van der Waals surface area contributed by atoms with Gasteiger partial charge in [-0.15, -0.1) is 0 Å². The first-order valence-electron chi connectivity index (χ1n) is 5.53. The van der Waals surface area contributed by atoms with E-state index in [1.165, 1.54) is 0 Å². The molecule has 0 aliphatic heterocycles. The number of hydrogen-bond donors (Lipinski definition) is 3. The summed E-state index contributed by atoms with van der Waals surface area (Å²) in [7, 11) is 0. The third-order valence-electron chi connectivity index (χ3n) is 2.32. The van der Waals surface area contributed by atoms with E-state index >= 15 is 0 Å². The van der Waals surface area contributed by atoms with E-state index in [2.05, 4.69) is 10.3 Å². The average Bonchev–Trinajstić information content (AvgIpc) is 2.37. The van der Waals surface area contributed by atoms with Gasteiger partial charge in [0, 0.05) is 13.1 Å². The van der Waals surface area contributed by atoms with Crippen LogP contribution >= 0.6 is 0 Å². The maximum Gasteiger partial charge on any atom is 0.239 e. The maximum absolute atomic E-state index is 11.0. The van der Waals surface area contributed by atoms with Crippen LogP contribution < -0.4 is 16.0 Å². The third kappa shape index (κ3) is 4.01. The number of likely N-dealkylation sites (N-methyl/N-ethyl adjacent to an activating group) is 1. The number of carbonyl (C=O) groups is 1. The van der Waals surface area contributed by atoms with Crippen molar-refractivity contribution >= 4 is 17.4 Å². The Morgan fingerprint density at radius 2 is 2.35 bits per heavy atom. The molecule has 6 nitrogen and oxygen atoms in total. The van der Waals surface area contributed by atoms with Gasteiger partial charge >= 0.3 is 0 Å². The van der Waals surface area contributed by atoms with Crippen LogP contribution in [0.2, 0.25) is 0 Å². The molecule has 0 aliphatic rings. The highest BCUT2D eigenvalue weighted by atomic mass is 16.3. The van der Waals surface area contributed by atoms with Crippen molar-refractivity contribution in [3.8, 4) is 0 Å². The fourth-order valence-electron chi connectivity index (χ4n) is 1.43. The Morgan fingerprint density at radius 1 is 1.59 bits per heavy atom. The van der Waals surface area contributed by atoms with Crippen LogP contribution in [-0.2, 0) is 4.79 Å². The number of nitrogens with two attached hydrogens (primary N) is 1. The van der Waals surface area contributed by atoms with Gasteiger partial charge in [0.1, 0.15) is 5.82 Å². The SMILES string of the molecule is CCN(CCO)c1ccc(NC(=O)CN)nc1. The van der Waals surface area contributed by atoms with Crippen molar-refractivity contribution in [2.45, 2.75) is 6.92 Å². The van der Waals surface area contributed by atoms with Gasteiger partial charge in [-0.1, -0.05) is 0 Å². The molecule has 4 N–H and O–H groups in total. The summed E-state index contributed by atoms with van der Waals surface area (Å²) in [6.45, 7) is 3.39. The van der Waals surface area contributed by atoms with Crippen LogP contribution in [0.25, 0.3) is 0 Å². The Kier molecular flexibility index (Phi) is 5.38. The molecule has 94 valence electrons. The van der Waals surface area contributed by atoms with Crippen molar-refractivity contribution < 1.29 is 9.90 Å². The van der Waals surface area contributed by atoms with Crippen molar-refractivity contribution in [3.63, 3.8) is 0 Å². The number of aliphatic hydroxyl groups excluding tert-OH is 1. The summed E-state index contributed by atoms with van der Waals surface area (Å²) in [5.41, 5.74) is 6.09. The molecule has 0 radical (unpaired) electrons. The number of rotatable bonds is 6. The first kappa shape index (κ1) is 13.4. The molecular formula is C11H18N4O2. The van der Waals surface area contributed by atoms with Gasteiger partial charge in [0.15, 0.2) is 0 Å². The van der Waals surface area contributed by atoms with E-state index in [0.717, 1.165) is 12.2 Å². The van der Waals surface area contributed by atoms with Gasteiger partial charge in [-0.2, -0.15) is 0 Å². The van der Waals surface area contributed by atoms with Crippen molar-refractivity contribution in [1.29, 1.82) is 0 Å². The highest BCUT2D eigenvalue weighted by molar-refractivity contribution is 5.91. The molecule has 1 heterocycles. The van der Waals surface area contributed by atoms with Crippen LogP contribution in [-0.4, -0.2) is 42.2 Å². The molecule has 0 aliphatic carbocycles. The molecule has 17 heavy (non-hydrogen) atoms. The topological polar surface area (TPSA) is 91.5 Å². The van der Waals surface area contributed by atoms with Crippen molar-refractivity contribution in [2.75, 3.05) is 36.5 Å². The molecule has 0 spiro atoms. The zero-order chi connectivity index (χ0) is 12.7. The second-order valence-electron chi connectivity index (χ2n) is 3.46. The van der Waals surface area contributed by atoms with Crippen LogP contribution in [0.5, 0.6) is 0 Å². The van der Waals surface area contributed by atoms with Gasteiger partial charge in [-0.3, -0.25) is 4.79 Å². The quantitative estimate of drug-likeness (QED) is 0.638. The van der Waals surface area contributed by atoms with Crippen LogP contribution in [0.15, 0.2) is 18.3 Å². The molecular weight excluding hydrogens is 220 g/mol. The number of carbonyl (C=O) groups excluding carboxylic acids is 1. The lowest BCUT2D eigenvalue weighted by molar-refractivity contribution is -0.114.